The molecular formula is C7H14OS. The van der Waals surface area contributed by atoms with Crippen LogP contribution in [0.1, 0.15) is 33.6 Å². The average Bonchev–Trinajstić information content (AvgIpc) is 1.63. The molecule has 0 rings (SSSR count). The van der Waals surface area contributed by atoms with Crippen molar-refractivity contribution in [3.05, 3.63) is 0 Å². The Morgan fingerprint density at radius 3 is 2.56 bits per heavy atom. The van der Waals surface area contributed by atoms with Crippen molar-refractivity contribution in [2.24, 2.45) is 0 Å². The topological polar surface area (TPSA) is 9.23 Å². The first-order valence-corrected chi connectivity index (χ1v) is 3.74. The van der Waals surface area contributed by atoms with Crippen molar-refractivity contribution in [2.75, 3.05) is 0 Å². The van der Waals surface area contributed by atoms with Crippen LogP contribution in [0.3, 0.4) is 0 Å². The van der Waals surface area contributed by atoms with Crippen LogP contribution in [-0.4, -0.2) is 11.2 Å². The molecule has 0 saturated heterocycles. The predicted molar refractivity (Wildman–Crippen MR) is 43.7 cm³/mol. The highest BCUT2D eigenvalue weighted by molar-refractivity contribution is 7.80. The first-order valence-electron chi connectivity index (χ1n) is 3.34. The summed E-state index contributed by atoms with van der Waals surface area (Å²) in [4.78, 5) is 0. The van der Waals surface area contributed by atoms with E-state index in [1.165, 1.54) is 0 Å². The standard InChI is InChI=1S/C7H14OS/c1-4-5-6(2)8-7(3)9/h6H,4-5H2,1-3H3. The Morgan fingerprint density at radius 2 is 2.22 bits per heavy atom. The smallest absolute Gasteiger partial charge is 0.156 e. The van der Waals surface area contributed by atoms with E-state index in [0.29, 0.717) is 11.2 Å². The fourth-order valence-electron chi connectivity index (χ4n) is 0.749. The lowest BCUT2D eigenvalue weighted by atomic mass is 10.2. The largest absolute Gasteiger partial charge is 0.485 e. The fraction of sp³-hybridized carbons (Fsp3) is 0.857. The maximum Gasteiger partial charge on any atom is 0.156 e. The van der Waals surface area contributed by atoms with Gasteiger partial charge >= 0.3 is 0 Å². The average molecular weight is 146 g/mol. The lowest BCUT2D eigenvalue weighted by Gasteiger charge is -2.10. The molecule has 0 spiro atoms. The molecule has 0 radical (unpaired) electrons. The van der Waals surface area contributed by atoms with Crippen LogP contribution in [0, 0.1) is 0 Å². The van der Waals surface area contributed by atoms with Gasteiger partial charge in [0.25, 0.3) is 0 Å². The fourth-order valence-corrected chi connectivity index (χ4v) is 0.913. The van der Waals surface area contributed by atoms with Crippen molar-refractivity contribution in [3.63, 3.8) is 0 Å². The van der Waals surface area contributed by atoms with E-state index in [1.54, 1.807) is 0 Å². The minimum Gasteiger partial charge on any atom is -0.485 e. The Kier molecular flexibility index (Phi) is 4.68. The van der Waals surface area contributed by atoms with E-state index in [4.69, 9.17) is 17.0 Å². The first-order chi connectivity index (χ1) is 4.16. The third kappa shape index (κ3) is 5.77. The van der Waals surface area contributed by atoms with Crippen LogP contribution in [0.15, 0.2) is 0 Å². The zero-order chi connectivity index (χ0) is 7.28. The van der Waals surface area contributed by atoms with E-state index in [2.05, 4.69) is 6.92 Å². The Hall–Kier alpha value is -0.110. The van der Waals surface area contributed by atoms with E-state index in [1.807, 2.05) is 13.8 Å². The maximum atomic E-state index is 5.22. The molecule has 0 bridgehead atoms. The molecule has 0 heterocycles. The summed E-state index contributed by atoms with van der Waals surface area (Å²) >= 11 is 4.76. The number of ether oxygens (including phenoxy) is 1. The highest BCUT2D eigenvalue weighted by Crippen LogP contribution is 2.00. The van der Waals surface area contributed by atoms with E-state index >= 15 is 0 Å². The van der Waals surface area contributed by atoms with Crippen molar-refractivity contribution in [1.29, 1.82) is 0 Å². The minimum absolute atomic E-state index is 0.299. The van der Waals surface area contributed by atoms with Gasteiger partial charge in [-0.25, -0.2) is 0 Å². The van der Waals surface area contributed by atoms with Crippen LogP contribution in [0.4, 0.5) is 0 Å². The van der Waals surface area contributed by atoms with Gasteiger partial charge < -0.3 is 4.74 Å². The highest BCUT2D eigenvalue weighted by atomic mass is 32.1. The van der Waals surface area contributed by atoms with Crippen LogP contribution in [0.25, 0.3) is 0 Å². The van der Waals surface area contributed by atoms with E-state index in [-0.39, 0.29) is 0 Å². The van der Waals surface area contributed by atoms with Gasteiger partial charge in [0.05, 0.1) is 6.10 Å². The second kappa shape index (κ2) is 4.74. The van der Waals surface area contributed by atoms with Gasteiger partial charge in [0.15, 0.2) is 5.05 Å². The van der Waals surface area contributed by atoms with Crippen LogP contribution in [-0.2, 0) is 4.74 Å². The van der Waals surface area contributed by atoms with E-state index < -0.39 is 0 Å². The maximum absolute atomic E-state index is 5.22. The number of thiocarbonyl (C=S) groups is 1. The van der Waals surface area contributed by atoms with Gasteiger partial charge in [0.1, 0.15) is 0 Å². The number of hydrogen-bond donors (Lipinski definition) is 0. The lowest BCUT2D eigenvalue weighted by Crippen LogP contribution is -2.09. The molecule has 2 heteroatoms. The molecule has 1 nitrogen and oxygen atoms in total. The Labute approximate surface area is 62.4 Å². The van der Waals surface area contributed by atoms with Crippen molar-refractivity contribution < 1.29 is 4.74 Å². The first kappa shape index (κ1) is 8.89. The molecule has 0 amide bonds. The molecule has 9 heavy (non-hydrogen) atoms. The molecule has 0 aliphatic carbocycles. The number of rotatable bonds is 3. The third-order valence-electron chi connectivity index (χ3n) is 1.06. The highest BCUT2D eigenvalue weighted by Gasteiger charge is 1.99. The van der Waals surface area contributed by atoms with Gasteiger partial charge in [0, 0.05) is 6.92 Å². The zero-order valence-corrected chi connectivity index (χ0v) is 7.12. The molecule has 54 valence electrons. The molecule has 0 aromatic carbocycles. The molecule has 1 unspecified atom stereocenters. The van der Waals surface area contributed by atoms with Gasteiger partial charge in [-0.2, -0.15) is 0 Å². The summed E-state index contributed by atoms with van der Waals surface area (Å²) in [5.41, 5.74) is 0. The minimum atomic E-state index is 0.299. The summed E-state index contributed by atoms with van der Waals surface area (Å²) in [7, 11) is 0. The summed E-state index contributed by atoms with van der Waals surface area (Å²) in [5, 5.41) is 0.649. The Balaban J connectivity index is 3.26. The monoisotopic (exact) mass is 146 g/mol. The summed E-state index contributed by atoms with van der Waals surface area (Å²) in [6.07, 6.45) is 2.55. The zero-order valence-electron chi connectivity index (χ0n) is 6.31. The molecule has 0 aliphatic rings. The molecule has 0 aromatic rings. The summed E-state index contributed by atoms with van der Waals surface area (Å²) in [6.45, 7) is 5.99. The predicted octanol–water partition coefficient (Wildman–Crippen LogP) is 2.54. The van der Waals surface area contributed by atoms with Crippen molar-refractivity contribution in [2.45, 2.75) is 39.7 Å². The SMILES string of the molecule is CCCC(C)OC(C)=S. The van der Waals surface area contributed by atoms with Crippen molar-refractivity contribution in [3.8, 4) is 0 Å². The second-order valence-corrected chi connectivity index (χ2v) is 2.78. The molecule has 0 aromatic heterocycles. The summed E-state index contributed by atoms with van der Waals surface area (Å²) in [5.74, 6) is 0. The van der Waals surface area contributed by atoms with E-state index in [0.717, 1.165) is 12.8 Å². The molecule has 0 fully saturated rings. The Bertz CT molecular complexity index is 90.9. The molecular weight excluding hydrogens is 132 g/mol. The Morgan fingerprint density at radius 1 is 1.67 bits per heavy atom. The normalized spacial score (nSPS) is 12.8. The third-order valence-corrected chi connectivity index (χ3v) is 1.16. The van der Waals surface area contributed by atoms with Crippen LogP contribution in [0.5, 0.6) is 0 Å². The van der Waals surface area contributed by atoms with Gasteiger partial charge in [-0.1, -0.05) is 13.3 Å². The quantitative estimate of drug-likeness (QED) is 0.566. The van der Waals surface area contributed by atoms with Gasteiger partial charge in [-0.05, 0) is 25.6 Å². The van der Waals surface area contributed by atoms with Crippen molar-refractivity contribution >= 4 is 17.3 Å². The van der Waals surface area contributed by atoms with Gasteiger partial charge in [0.2, 0.25) is 0 Å². The molecule has 0 N–H and O–H groups in total. The molecule has 0 aliphatic heterocycles. The lowest BCUT2D eigenvalue weighted by molar-refractivity contribution is 0.201. The van der Waals surface area contributed by atoms with Crippen molar-refractivity contribution in [1.82, 2.24) is 0 Å². The van der Waals surface area contributed by atoms with Gasteiger partial charge in [-0.3, -0.25) is 0 Å². The molecule has 0 saturated carbocycles. The second-order valence-electron chi connectivity index (χ2n) is 2.21. The van der Waals surface area contributed by atoms with Crippen LogP contribution >= 0.6 is 12.2 Å². The summed E-state index contributed by atoms with van der Waals surface area (Å²) < 4.78 is 5.22. The van der Waals surface area contributed by atoms with Crippen LogP contribution < -0.4 is 0 Å². The van der Waals surface area contributed by atoms with Crippen LogP contribution in [0.2, 0.25) is 0 Å². The van der Waals surface area contributed by atoms with Gasteiger partial charge in [-0.15, -0.1) is 0 Å². The summed E-state index contributed by atoms with van der Waals surface area (Å²) in [6, 6.07) is 0. The number of hydrogen-bond acceptors (Lipinski definition) is 2. The van der Waals surface area contributed by atoms with E-state index in [9.17, 15) is 0 Å². The molecule has 1 atom stereocenters.